The second-order valence-corrected chi connectivity index (χ2v) is 4.27. The van der Waals surface area contributed by atoms with Crippen LogP contribution in [-0.2, 0) is 0 Å². The molecule has 0 amide bonds. The van der Waals surface area contributed by atoms with Crippen molar-refractivity contribution >= 4 is 0 Å². The summed E-state index contributed by atoms with van der Waals surface area (Å²) in [6.07, 6.45) is 11.8. The highest BCUT2D eigenvalue weighted by Crippen LogP contribution is 2.11. The molecule has 2 N–H and O–H groups in total. The van der Waals surface area contributed by atoms with Gasteiger partial charge in [0.15, 0.2) is 0 Å². The van der Waals surface area contributed by atoms with E-state index in [2.05, 4.69) is 37.0 Å². The largest absolute Gasteiger partial charge is 0.402 e. The summed E-state index contributed by atoms with van der Waals surface area (Å²) in [7, 11) is 0. The fourth-order valence-electron chi connectivity index (χ4n) is 1.88. The minimum atomic E-state index is 0.881. The van der Waals surface area contributed by atoms with Crippen LogP contribution in [0, 0.1) is 0 Å². The van der Waals surface area contributed by atoms with Gasteiger partial charge in [0.1, 0.15) is 0 Å². The molecule has 0 heterocycles. The van der Waals surface area contributed by atoms with Crippen LogP contribution in [-0.4, -0.2) is 24.5 Å². The second-order valence-electron chi connectivity index (χ2n) is 4.27. The number of rotatable bonds is 6. The third kappa shape index (κ3) is 4.67. The number of hydrogen-bond acceptors (Lipinski definition) is 2. The smallest absolute Gasteiger partial charge is 0.0119 e. The molecule has 16 heavy (non-hydrogen) atoms. The lowest BCUT2D eigenvalue weighted by molar-refractivity contribution is 0.293. The van der Waals surface area contributed by atoms with Crippen LogP contribution in [0.15, 0.2) is 35.6 Å². The summed E-state index contributed by atoms with van der Waals surface area (Å²) in [6.45, 7) is 7.95. The van der Waals surface area contributed by atoms with Crippen LogP contribution in [0.3, 0.4) is 0 Å². The van der Waals surface area contributed by atoms with Crippen LogP contribution in [0.1, 0.15) is 33.1 Å². The molecular formula is C14H24N2. The van der Waals surface area contributed by atoms with Crippen LogP contribution in [0.4, 0.5) is 0 Å². The molecule has 0 unspecified atom stereocenters. The highest BCUT2D eigenvalue weighted by Gasteiger charge is 2.02. The standard InChI is InChI=1S/C14H24N2/c1-3-11-16(4-2)12-10-13-6-5-7-14(15)9-8-13/h5-6,8-9H,3-4,7,10-12,15H2,1-2H3. The van der Waals surface area contributed by atoms with E-state index in [-0.39, 0.29) is 0 Å². The molecule has 0 saturated carbocycles. The van der Waals surface area contributed by atoms with E-state index in [4.69, 9.17) is 5.73 Å². The fraction of sp³-hybridized carbons (Fsp3) is 0.571. The van der Waals surface area contributed by atoms with E-state index in [0.29, 0.717) is 0 Å². The van der Waals surface area contributed by atoms with Crippen molar-refractivity contribution in [1.82, 2.24) is 4.90 Å². The van der Waals surface area contributed by atoms with E-state index in [1.54, 1.807) is 0 Å². The fourth-order valence-corrected chi connectivity index (χ4v) is 1.88. The van der Waals surface area contributed by atoms with E-state index >= 15 is 0 Å². The van der Waals surface area contributed by atoms with Crippen LogP contribution >= 0.6 is 0 Å². The predicted octanol–water partition coefficient (Wildman–Crippen LogP) is 2.84. The summed E-state index contributed by atoms with van der Waals surface area (Å²) in [4.78, 5) is 2.49. The van der Waals surface area contributed by atoms with Crippen LogP contribution in [0.5, 0.6) is 0 Å². The molecule has 0 saturated heterocycles. The molecule has 90 valence electrons. The van der Waals surface area contributed by atoms with Gasteiger partial charge >= 0.3 is 0 Å². The molecule has 1 aliphatic rings. The SMILES string of the molecule is CCCN(CC)CCC1=CC=C(N)CC=C1. The Hall–Kier alpha value is -1.02. The lowest BCUT2D eigenvalue weighted by atomic mass is 10.1. The van der Waals surface area contributed by atoms with Crippen molar-refractivity contribution in [1.29, 1.82) is 0 Å². The first-order chi connectivity index (χ1) is 7.76. The molecule has 1 rings (SSSR count). The van der Waals surface area contributed by atoms with Crippen molar-refractivity contribution in [3.05, 3.63) is 35.6 Å². The molecule has 1 aliphatic carbocycles. The molecule has 0 spiro atoms. The van der Waals surface area contributed by atoms with E-state index in [9.17, 15) is 0 Å². The van der Waals surface area contributed by atoms with Gasteiger partial charge in [-0.05, 0) is 37.6 Å². The summed E-state index contributed by atoms with van der Waals surface area (Å²) < 4.78 is 0. The van der Waals surface area contributed by atoms with Crippen LogP contribution < -0.4 is 5.73 Å². The summed E-state index contributed by atoms with van der Waals surface area (Å²) in [6, 6.07) is 0. The van der Waals surface area contributed by atoms with Gasteiger partial charge in [0.25, 0.3) is 0 Å². The zero-order valence-electron chi connectivity index (χ0n) is 10.6. The Balaban J connectivity index is 2.42. The summed E-state index contributed by atoms with van der Waals surface area (Å²) >= 11 is 0. The van der Waals surface area contributed by atoms with Gasteiger partial charge in [0.05, 0.1) is 0 Å². The molecule has 0 aromatic heterocycles. The Bertz CT molecular complexity index is 287. The van der Waals surface area contributed by atoms with Gasteiger partial charge in [-0.25, -0.2) is 0 Å². The first kappa shape index (κ1) is 13.0. The summed E-state index contributed by atoms with van der Waals surface area (Å²) in [5.74, 6) is 0. The summed E-state index contributed by atoms with van der Waals surface area (Å²) in [5, 5.41) is 0. The molecule has 0 radical (unpaired) electrons. The quantitative estimate of drug-likeness (QED) is 0.746. The van der Waals surface area contributed by atoms with E-state index < -0.39 is 0 Å². The average Bonchev–Trinajstić information content (AvgIpc) is 2.49. The minimum absolute atomic E-state index is 0.881. The monoisotopic (exact) mass is 220 g/mol. The van der Waals surface area contributed by atoms with Crippen molar-refractivity contribution < 1.29 is 0 Å². The van der Waals surface area contributed by atoms with Gasteiger partial charge in [-0.15, -0.1) is 0 Å². The normalized spacial score (nSPS) is 15.9. The third-order valence-corrected chi connectivity index (χ3v) is 2.90. The highest BCUT2D eigenvalue weighted by atomic mass is 15.1. The highest BCUT2D eigenvalue weighted by molar-refractivity contribution is 5.29. The Labute approximate surface area is 99.5 Å². The number of hydrogen-bond donors (Lipinski definition) is 1. The van der Waals surface area contributed by atoms with Crippen LogP contribution in [0.2, 0.25) is 0 Å². The molecule has 0 aromatic carbocycles. The van der Waals surface area contributed by atoms with Crippen molar-refractivity contribution in [2.24, 2.45) is 5.73 Å². The third-order valence-electron chi connectivity index (χ3n) is 2.90. The molecule has 2 nitrogen and oxygen atoms in total. The lowest BCUT2D eigenvalue weighted by Gasteiger charge is -2.19. The Kier molecular flexibility index (Phi) is 5.94. The molecule has 0 aliphatic heterocycles. The molecule has 0 fully saturated rings. The van der Waals surface area contributed by atoms with Gasteiger partial charge in [-0.2, -0.15) is 0 Å². The van der Waals surface area contributed by atoms with Gasteiger partial charge in [-0.3, -0.25) is 0 Å². The zero-order valence-corrected chi connectivity index (χ0v) is 10.6. The Morgan fingerprint density at radius 1 is 1.25 bits per heavy atom. The van der Waals surface area contributed by atoms with Gasteiger partial charge in [0, 0.05) is 18.7 Å². The van der Waals surface area contributed by atoms with Gasteiger partial charge in [0.2, 0.25) is 0 Å². The molecule has 0 atom stereocenters. The molecular weight excluding hydrogens is 196 g/mol. The van der Waals surface area contributed by atoms with Gasteiger partial charge in [-0.1, -0.05) is 32.1 Å². The first-order valence-electron chi connectivity index (χ1n) is 6.30. The van der Waals surface area contributed by atoms with E-state index in [1.165, 1.54) is 18.5 Å². The topological polar surface area (TPSA) is 29.3 Å². The number of allylic oxidation sites excluding steroid dienone is 4. The van der Waals surface area contributed by atoms with E-state index in [0.717, 1.165) is 31.6 Å². The zero-order chi connectivity index (χ0) is 11.8. The van der Waals surface area contributed by atoms with Crippen molar-refractivity contribution in [3.8, 4) is 0 Å². The van der Waals surface area contributed by atoms with E-state index in [1.807, 2.05) is 6.08 Å². The number of nitrogens with zero attached hydrogens (tertiary/aromatic N) is 1. The minimum Gasteiger partial charge on any atom is -0.402 e. The maximum Gasteiger partial charge on any atom is 0.0119 e. The van der Waals surface area contributed by atoms with Crippen molar-refractivity contribution in [3.63, 3.8) is 0 Å². The van der Waals surface area contributed by atoms with Crippen molar-refractivity contribution in [2.45, 2.75) is 33.1 Å². The maximum absolute atomic E-state index is 5.78. The number of nitrogens with two attached hydrogens (primary N) is 1. The second kappa shape index (κ2) is 7.29. The molecule has 0 aromatic rings. The first-order valence-corrected chi connectivity index (χ1v) is 6.30. The molecule has 2 heteroatoms. The lowest BCUT2D eigenvalue weighted by Crippen LogP contribution is -2.25. The predicted molar refractivity (Wildman–Crippen MR) is 71.1 cm³/mol. The Morgan fingerprint density at radius 2 is 2.06 bits per heavy atom. The average molecular weight is 220 g/mol. The summed E-state index contributed by atoms with van der Waals surface area (Å²) in [5.41, 5.74) is 8.12. The Morgan fingerprint density at radius 3 is 2.75 bits per heavy atom. The molecule has 0 bridgehead atoms. The van der Waals surface area contributed by atoms with Gasteiger partial charge < -0.3 is 10.6 Å². The van der Waals surface area contributed by atoms with Crippen LogP contribution in [0.25, 0.3) is 0 Å². The van der Waals surface area contributed by atoms with Crippen molar-refractivity contribution in [2.75, 3.05) is 19.6 Å². The maximum atomic E-state index is 5.78.